The van der Waals surface area contributed by atoms with Gasteiger partial charge in [0.15, 0.2) is 0 Å². The van der Waals surface area contributed by atoms with Crippen molar-refractivity contribution in [3.63, 3.8) is 0 Å². The minimum Gasteiger partial charge on any atom is -0.447 e. The van der Waals surface area contributed by atoms with Crippen molar-refractivity contribution in [1.82, 2.24) is 5.32 Å². The highest BCUT2D eigenvalue weighted by atomic mass is 16.6. The van der Waals surface area contributed by atoms with Crippen LogP contribution in [0, 0.1) is 0 Å². The van der Waals surface area contributed by atoms with Gasteiger partial charge in [0, 0.05) is 6.54 Å². The van der Waals surface area contributed by atoms with Gasteiger partial charge in [-0.25, -0.2) is 4.79 Å². The van der Waals surface area contributed by atoms with Crippen molar-refractivity contribution in [3.8, 4) is 0 Å². The molecule has 0 rings (SSSR count). The molecular weight excluding hydrogens is 222 g/mol. The highest BCUT2D eigenvalue weighted by molar-refractivity contribution is 5.67. The summed E-state index contributed by atoms with van der Waals surface area (Å²) in [7, 11) is 0. The fourth-order valence-electron chi connectivity index (χ4n) is 1.37. The van der Waals surface area contributed by atoms with Crippen LogP contribution in [0.15, 0.2) is 0 Å². The summed E-state index contributed by atoms with van der Waals surface area (Å²) in [5.74, 6) is 0. The topological polar surface area (TPSA) is 78.8 Å². The van der Waals surface area contributed by atoms with E-state index in [9.17, 15) is 4.79 Å². The summed E-state index contributed by atoms with van der Waals surface area (Å²) >= 11 is 0. The van der Waals surface area contributed by atoms with Crippen LogP contribution in [0.5, 0.6) is 0 Å². The van der Waals surface area contributed by atoms with Crippen molar-refractivity contribution >= 4 is 6.09 Å². The molecule has 102 valence electrons. The zero-order valence-corrected chi connectivity index (χ0v) is 10.7. The van der Waals surface area contributed by atoms with E-state index in [1.165, 1.54) is 25.7 Å². The second-order valence-electron chi connectivity index (χ2n) is 4.13. The van der Waals surface area contributed by atoms with Gasteiger partial charge >= 0.3 is 6.09 Å². The van der Waals surface area contributed by atoms with Crippen LogP contribution in [0.25, 0.3) is 0 Å². The number of nitrogens with one attached hydrogen (secondary N) is 1. The van der Waals surface area contributed by atoms with E-state index in [-0.39, 0.29) is 6.61 Å². The number of rotatable bonds is 10. The molecule has 0 aromatic rings. The summed E-state index contributed by atoms with van der Waals surface area (Å²) < 4.78 is 4.68. The third-order valence-corrected chi connectivity index (χ3v) is 2.42. The monoisotopic (exact) mass is 247 g/mol. The third-order valence-electron chi connectivity index (χ3n) is 2.42. The first-order valence-electron chi connectivity index (χ1n) is 6.40. The summed E-state index contributed by atoms with van der Waals surface area (Å²) in [5, 5.41) is 20.0. The largest absolute Gasteiger partial charge is 0.447 e. The number of carbonyl (C=O) groups is 1. The van der Waals surface area contributed by atoms with E-state index in [1.54, 1.807) is 0 Å². The Bertz CT molecular complexity index is 187. The van der Waals surface area contributed by atoms with Crippen LogP contribution < -0.4 is 5.32 Å². The molecule has 0 spiro atoms. The SMILES string of the molecule is CCCCCCCCNC(=O)OCC(O)CO. The Balaban J connectivity index is 3.22. The van der Waals surface area contributed by atoms with Crippen LogP contribution in [-0.2, 0) is 4.74 Å². The summed E-state index contributed by atoms with van der Waals surface area (Å²) in [6, 6.07) is 0. The zero-order valence-electron chi connectivity index (χ0n) is 10.7. The average molecular weight is 247 g/mol. The number of amides is 1. The van der Waals surface area contributed by atoms with Gasteiger partial charge in [-0.2, -0.15) is 0 Å². The Hall–Kier alpha value is -0.810. The maximum atomic E-state index is 11.1. The molecule has 0 heterocycles. The van der Waals surface area contributed by atoms with Gasteiger partial charge < -0.3 is 20.3 Å². The third kappa shape index (κ3) is 11.5. The van der Waals surface area contributed by atoms with Crippen LogP contribution >= 0.6 is 0 Å². The van der Waals surface area contributed by atoms with Crippen LogP contribution in [0.4, 0.5) is 4.79 Å². The second-order valence-corrected chi connectivity index (χ2v) is 4.13. The van der Waals surface area contributed by atoms with Crippen LogP contribution in [0.3, 0.4) is 0 Å². The first-order valence-corrected chi connectivity index (χ1v) is 6.40. The molecule has 1 unspecified atom stereocenters. The molecular formula is C12H25NO4. The van der Waals surface area contributed by atoms with Gasteiger partial charge in [0.05, 0.1) is 6.61 Å². The van der Waals surface area contributed by atoms with E-state index < -0.39 is 18.8 Å². The number of aliphatic hydroxyl groups is 2. The molecule has 5 nitrogen and oxygen atoms in total. The Morgan fingerprint density at radius 2 is 1.88 bits per heavy atom. The Morgan fingerprint density at radius 1 is 1.24 bits per heavy atom. The molecule has 0 saturated heterocycles. The Kier molecular flexibility index (Phi) is 11.1. The lowest BCUT2D eigenvalue weighted by atomic mass is 10.1. The van der Waals surface area contributed by atoms with Gasteiger partial charge in [0.25, 0.3) is 0 Å². The lowest BCUT2D eigenvalue weighted by Crippen LogP contribution is -2.29. The van der Waals surface area contributed by atoms with Gasteiger partial charge in [-0.15, -0.1) is 0 Å². The molecule has 0 radical (unpaired) electrons. The molecule has 3 N–H and O–H groups in total. The molecule has 0 aromatic carbocycles. The number of unbranched alkanes of at least 4 members (excludes halogenated alkanes) is 5. The van der Waals surface area contributed by atoms with Crippen molar-refractivity contribution in [2.24, 2.45) is 0 Å². The second kappa shape index (κ2) is 11.7. The predicted molar refractivity (Wildman–Crippen MR) is 65.8 cm³/mol. The maximum Gasteiger partial charge on any atom is 0.407 e. The number of aliphatic hydroxyl groups excluding tert-OH is 2. The minimum atomic E-state index is -0.991. The molecule has 0 aliphatic heterocycles. The van der Waals surface area contributed by atoms with E-state index in [1.807, 2.05) is 0 Å². The fourth-order valence-corrected chi connectivity index (χ4v) is 1.37. The van der Waals surface area contributed by atoms with Crippen molar-refractivity contribution in [2.75, 3.05) is 19.8 Å². The molecule has 0 aliphatic carbocycles. The molecule has 0 aliphatic rings. The zero-order chi connectivity index (χ0) is 12.9. The minimum absolute atomic E-state index is 0.168. The van der Waals surface area contributed by atoms with E-state index in [0.29, 0.717) is 6.54 Å². The lowest BCUT2D eigenvalue weighted by molar-refractivity contribution is 0.0322. The van der Waals surface area contributed by atoms with E-state index in [2.05, 4.69) is 17.0 Å². The fraction of sp³-hybridized carbons (Fsp3) is 0.917. The first kappa shape index (κ1) is 16.2. The average Bonchev–Trinajstić information content (AvgIpc) is 2.34. The molecule has 1 amide bonds. The van der Waals surface area contributed by atoms with Crippen molar-refractivity contribution in [3.05, 3.63) is 0 Å². The molecule has 5 heteroatoms. The highest BCUT2D eigenvalue weighted by Crippen LogP contribution is 2.03. The number of ether oxygens (including phenoxy) is 1. The van der Waals surface area contributed by atoms with Gasteiger partial charge in [-0.05, 0) is 6.42 Å². The highest BCUT2D eigenvalue weighted by Gasteiger charge is 2.06. The van der Waals surface area contributed by atoms with E-state index >= 15 is 0 Å². The van der Waals surface area contributed by atoms with Crippen molar-refractivity contribution in [2.45, 2.75) is 51.6 Å². The van der Waals surface area contributed by atoms with Crippen LogP contribution in [0.1, 0.15) is 45.4 Å². The summed E-state index contributed by atoms with van der Waals surface area (Å²) in [5.41, 5.74) is 0. The van der Waals surface area contributed by atoms with E-state index in [0.717, 1.165) is 12.8 Å². The quantitative estimate of drug-likeness (QED) is 0.510. The first-order chi connectivity index (χ1) is 8.20. The molecule has 17 heavy (non-hydrogen) atoms. The molecule has 0 aromatic heterocycles. The van der Waals surface area contributed by atoms with Crippen molar-refractivity contribution < 1.29 is 19.7 Å². The van der Waals surface area contributed by atoms with Crippen molar-refractivity contribution in [1.29, 1.82) is 0 Å². The Labute approximate surface area is 103 Å². The van der Waals surface area contributed by atoms with Gasteiger partial charge in [0.1, 0.15) is 12.7 Å². The molecule has 0 fully saturated rings. The van der Waals surface area contributed by atoms with Gasteiger partial charge in [-0.1, -0.05) is 39.0 Å². The summed E-state index contributed by atoms with van der Waals surface area (Å²) in [4.78, 5) is 11.1. The standard InChI is InChI=1S/C12H25NO4/c1-2-3-4-5-6-7-8-13-12(16)17-10-11(15)9-14/h11,14-15H,2-10H2,1H3,(H,13,16). The van der Waals surface area contributed by atoms with Crippen LogP contribution in [-0.4, -0.2) is 42.2 Å². The summed E-state index contributed by atoms with van der Waals surface area (Å²) in [6.45, 7) is 2.21. The molecule has 1 atom stereocenters. The lowest BCUT2D eigenvalue weighted by Gasteiger charge is -2.09. The predicted octanol–water partition coefficient (Wildman–Crippen LogP) is 1.43. The number of carbonyl (C=O) groups excluding carboxylic acids is 1. The molecule has 0 saturated carbocycles. The Morgan fingerprint density at radius 3 is 2.53 bits per heavy atom. The smallest absolute Gasteiger partial charge is 0.407 e. The van der Waals surface area contributed by atoms with Gasteiger partial charge in [-0.3, -0.25) is 0 Å². The number of hydrogen-bond donors (Lipinski definition) is 3. The maximum absolute atomic E-state index is 11.1. The number of hydrogen-bond acceptors (Lipinski definition) is 4. The van der Waals surface area contributed by atoms with E-state index in [4.69, 9.17) is 10.2 Å². The molecule has 0 bridgehead atoms. The summed E-state index contributed by atoms with van der Waals surface area (Å²) in [6.07, 6.45) is 5.49. The van der Waals surface area contributed by atoms with Gasteiger partial charge in [0.2, 0.25) is 0 Å². The normalized spacial score (nSPS) is 12.2. The number of alkyl carbamates (subject to hydrolysis) is 1. The van der Waals surface area contributed by atoms with Crippen LogP contribution in [0.2, 0.25) is 0 Å².